The lowest BCUT2D eigenvalue weighted by molar-refractivity contribution is 0.0706. The van der Waals surface area contributed by atoms with Gasteiger partial charge in [0.25, 0.3) is 5.91 Å². The summed E-state index contributed by atoms with van der Waals surface area (Å²) in [5.74, 6) is 0.499. The van der Waals surface area contributed by atoms with Gasteiger partial charge < -0.3 is 9.88 Å². The summed E-state index contributed by atoms with van der Waals surface area (Å²) < 4.78 is 0.942. The highest BCUT2D eigenvalue weighted by Crippen LogP contribution is 2.29. The number of benzene rings is 2. The van der Waals surface area contributed by atoms with Crippen LogP contribution in [0.2, 0.25) is 0 Å². The molecule has 1 amide bonds. The van der Waals surface area contributed by atoms with Gasteiger partial charge in [-0.2, -0.15) is 0 Å². The highest BCUT2D eigenvalue weighted by Gasteiger charge is 2.26. The van der Waals surface area contributed by atoms with Crippen molar-refractivity contribution in [3.8, 4) is 0 Å². The molecule has 2 heterocycles. The zero-order chi connectivity index (χ0) is 16.5. The number of likely N-dealkylation sites (tertiary alicyclic amines) is 1. The van der Waals surface area contributed by atoms with Crippen molar-refractivity contribution in [1.29, 1.82) is 0 Å². The second-order valence-corrected chi connectivity index (χ2v) is 7.33. The summed E-state index contributed by atoms with van der Waals surface area (Å²) in [5, 5.41) is 1.24. The Bertz CT molecular complexity index is 853. The van der Waals surface area contributed by atoms with Crippen molar-refractivity contribution in [3.63, 3.8) is 0 Å². The molecule has 1 unspecified atom stereocenters. The van der Waals surface area contributed by atoms with Gasteiger partial charge in [-0.15, -0.1) is 0 Å². The number of aromatic nitrogens is 1. The van der Waals surface area contributed by atoms with E-state index in [-0.39, 0.29) is 5.91 Å². The van der Waals surface area contributed by atoms with E-state index in [9.17, 15) is 4.79 Å². The Hall–Kier alpha value is -2.07. The molecule has 0 bridgehead atoms. The molecule has 3 nitrogen and oxygen atoms in total. The number of hydrogen-bond acceptors (Lipinski definition) is 1. The maximum Gasteiger partial charge on any atom is 0.253 e. The quantitative estimate of drug-likeness (QED) is 0.668. The van der Waals surface area contributed by atoms with Crippen LogP contribution in [0.3, 0.4) is 0 Å². The number of carbonyl (C=O) groups excluding carboxylic acids is 1. The number of halogens is 1. The molecule has 2 aromatic carbocycles. The monoisotopic (exact) mass is 382 g/mol. The average Bonchev–Trinajstić information content (AvgIpc) is 3.05. The lowest BCUT2D eigenvalue weighted by Gasteiger charge is -2.32. The molecule has 4 rings (SSSR count). The third kappa shape index (κ3) is 2.98. The highest BCUT2D eigenvalue weighted by molar-refractivity contribution is 9.10. The van der Waals surface area contributed by atoms with E-state index in [0.29, 0.717) is 5.92 Å². The molecular formula is C20H19BrN2O. The van der Waals surface area contributed by atoms with Gasteiger partial charge in [-0.1, -0.05) is 40.2 Å². The molecule has 0 radical (unpaired) electrons. The predicted octanol–water partition coefficient (Wildman–Crippen LogP) is 4.95. The molecule has 1 aliphatic heterocycles. The number of fused-ring (bicyclic) bond motifs is 1. The molecule has 0 aliphatic carbocycles. The van der Waals surface area contributed by atoms with E-state index in [0.717, 1.165) is 36.0 Å². The van der Waals surface area contributed by atoms with E-state index in [1.54, 1.807) is 0 Å². The van der Waals surface area contributed by atoms with Crippen molar-refractivity contribution in [2.75, 3.05) is 13.1 Å². The van der Waals surface area contributed by atoms with Crippen molar-refractivity contribution < 1.29 is 4.79 Å². The van der Waals surface area contributed by atoms with Crippen LogP contribution in [0.5, 0.6) is 0 Å². The second-order valence-electron chi connectivity index (χ2n) is 6.41. The van der Waals surface area contributed by atoms with Gasteiger partial charge in [0.1, 0.15) is 0 Å². The molecule has 0 saturated carbocycles. The zero-order valence-electron chi connectivity index (χ0n) is 13.3. The molecule has 24 heavy (non-hydrogen) atoms. The minimum Gasteiger partial charge on any atom is -0.358 e. The van der Waals surface area contributed by atoms with Crippen molar-refractivity contribution in [1.82, 2.24) is 9.88 Å². The number of carbonyl (C=O) groups is 1. The van der Waals surface area contributed by atoms with Gasteiger partial charge in [-0.3, -0.25) is 4.79 Å². The molecule has 1 fully saturated rings. The van der Waals surface area contributed by atoms with Crippen LogP contribution in [0.15, 0.2) is 59.1 Å². The van der Waals surface area contributed by atoms with Crippen LogP contribution in [0.1, 0.15) is 34.8 Å². The van der Waals surface area contributed by atoms with Crippen molar-refractivity contribution in [2.24, 2.45) is 0 Å². The van der Waals surface area contributed by atoms with Crippen LogP contribution in [0.4, 0.5) is 0 Å². The number of aromatic amines is 1. The van der Waals surface area contributed by atoms with Crippen LogP contribution < -0.4 is 0 Å². The molecule has 3 aromatic rings. The zero-order valence-corrected chi connectivity index (χ0v) is 14.9. The minimum absolute atomic E-state index is 0.122. The maximum absolute atomic E-state index is 12.8. The fraction of sp³-hybridized carbons (Fsp3) is 0.250. The Labute approximate surface area is 149 Å². The summed E-state index contributed by atoms with van der Waals surface area (Å²) in [6, 6.07) is 18.2. The SMILES string of the molecule is O=C(c1cccc(Br)c1)N1CCCC(c2cc3ccccc3[nH]2)C1. The van der Waals surface area contributed by atoms with Gasteiger partial charge in [-0.05, 0) is 48.6 Å². The summed E-state index contributed by atoms with van der Waals surface area (Å²) in [6.45, 7) is 1.61. The normalized spacial score (nSPS) is 18.0. The Morgan fingerprint density at radius 3 is 2.83 bits per heavy atom. The third-order valence-corrected chi connectivity index (χ3v) is 5.26. The fourth-order valence-corrected chi connectivity index (χ4v) is 3.93. The van der Waals surface area contributed by atoms with Crippen LogP contribution in [0, 0.1) is 0 Å². The smallest absolute Gasteiger partial charge is 0.253 e. The van der Waals surface area contributed by atoms with Gasteiger partial charge in [0, 0.05) is 40.3 Å². The van der Waals surface area contributed by atoms with E-state index in [1.807, 2.05) is 35.2 Å². The van der Waals surface area contributed by atoms with E-state index in [4.69, 9.17) is 0 Å². The van der Waals surface area contributed by atoms with Crippen molar-refractivity contribution in [2.45, 2.75) is 18.8 Å². The van der Waals surface area contributed by atoms with Crippen molar-refractivity contribution >= 4 is 32.7 Å². The van der Waals surface area contributed by atoms with Crippen LogP contribution in [-0.4, -0.2) is 28.9 Å². The molecule has 1 aliphatic rings. The first kappa shape index (κ1) is 15.5. The number of amides is 1. The fourth-order valence-electron chi connectivity index (χ4n) is 3.54. The van der Waals surface area contributed by atoms with Crippen LogP contribution in [-0.2, 0) is 0 Å². The lowest BCUT2D eigenvalue weighted by Crippen LogP contribution is -2.39. The standard InChI is InChI=1S/C20H19BrN2O/c21-17-8-3-6-15(11-17)20(24)23-10-4-7-16(13-23)19-12-14-5-1-2-9-18(14)22-19/h1-3,5-6,8-9,11-12,16,22H,4,7,10,13H2. The first-order chi connectivity index (χ1) is 11.7. The summed E-state index contributed by atoms with van der Waals surface area (Å²) in [7, 11) is 0. The molecule has 1 N–H and O–H groups in total. The summed E-state index contributed by atoms with van der Waals surface area (Å²) in [6.07, 6.45) is 2.16. The average molecular weight is 383 g/mol. The van der Waals surface area contributed by atoms with Gasteiger partial charge in [0.05, 0.1) is 0 Å². The highest BCUT2D eigenvalue weighted by atomic mass is 79.9. The first-order valence-electron chi connectivity index (χ1n) is 8.33. The lowest BCUT2D eigenvalue weighted by atomic mass is 9.94. The molecule has 1 atom stereocenters. The Balaban J connectivity index is 1.56. The number of nitrogens with one attached hydrogen (secondary N) is 1. The Morgan fingerprint density at radius 1 is 1.12 bits per heavy atom. The second kappa shape index (κ2) is 6.44. The predicted molar refractivity (Wildman–Crippen MR) is 100 cm³/mol. The van der Waals surface area contributed by atoms with E-state index in [2.05, 4.69) is 45.2 Å². The number of nitrogens with zero attached hydrogens (tertiary/aromatic N) is 1. The molecule has 122 valence electrons. The van der Waals surface area contributed by atoms with Crippen LogP contribution >= 0.6 is 15.9 Å². The first-order valence-corrected chi connectivity index (χ1v) is 9.12. The van der Waals surface area contributed by atoms with Gasteiger partial charge in [0.2, 0.25) is 0 Å². The summed E-state index contributed by atoms with van der Waals surface area (Å²) in [5.41, 5.74) is 3.16. The summed E-state index contributed by atoms with van der Waals surface area (Å²) >= 11 is 3.45. The third-order valence-electron chi connectivity index (χ3n) is 4.77. The molecular weight excluding hydrogens is 364 g/mol. The number of hydrogen-bond donors (Lipinski definition) is 1. The topological polar surface area (TPSA) is 36.1 Å². The summed E-state index contributed by atoms with van der Waals surface area (Å²) in [4.78, 5) is 18.3. The number of H-pyrrole nitrogens is 1. The Morgan fingerprint density at radius 2 is 2.00 bits per heavy atom. The Kier molecular flexibility index (Phi) is 4.15. The minimum atomic E-state index is 0.122. The molecule has 4 heteroatoms. The number of rotatable bonds is 2. The number of para-hydroxylation sites is 1. The van der Waals surface area contributed by atoms with E-state index >= 15 is 0 Å². The van der Waals surface area contributed by atoms with Gasteiger partial charge in [-0.25, -0.2) is 0 Å². The largest absolute Gasteiger partial charge is 0.358 e. The van der Waals surface area contributed by atoms with Gasteiger partial charge in [0.15, 0.2) is 0 Å². The van der Waals surface area contributed by atoms with Gasteiger partial charge >= 0.3 is 0 Å². The van der Waals surface area contributed by atoms with Crippen LogP contribution in [0.25, 0.3) is 10.9 Å². The molecule has 1 aromatic heterocycles. The molecule has 0 spiro atoms. The van der Waals surface area contributed by atoms with E-state index < -0.39 is 0 Å². The maximum atomic E-state index is 12.8. The number of piperidine rings is 1. The van der Waals surface area contributed by atoms with Crippen molar-refractivity contribution in [3.05, 3.63) is 70.3 Å². The van der Waals surface area contributed by atoms with E-state index in [1.165, 1.54) is 16.6 Å². The molecule has 1 saturated heterocycles.